The zero-order valence-corrected chi connectivity index (χ0v) is 12.7. The van der Waals surface area contributed by atoms with E-state index < -0.39 is 0 Å². The molecular formula is C17H24N2O2. The van der Waals surface area contributed by atoms with Crippen molar-refractivity contribution in [1.82, 2.24) is 5.32 Å². The van der Waals surface area contributed by atoms with Gasteiger partial charge in [-0.2, -0.15) is 0 Å². The Morgan fingerprint density at radius 3 is 2.67 bits per heavy atom. The van der Waals surface area contributed by atoms with Gasteiger partial charge in [0.1, 0.15) is 0 Å². The molecule has 0 radical (unpaired) electrons. The maximum absolute atomic E-state index is 12.1. The summed E-state index contributed by atoms with van der Waals surface area (Å²) >= 11 is 0. The number of rotatable bonds is 7. The number of nitrogens with zero attached hydrogens (tertiary/aromatic N) is 1. The van der Waals surface area contributed by atoms with Crippen LogP contribution in [0, 0.1) is 0 Å². The Bertz CT molecular complexity index is 499. The smallest absolute Gasteiger partial charge is 0.328 e. The van der Waals surface area contributed by atoms with Crippen LogP contribution in [-0.2, 0) is 11.2 Å². The number of unbranched alkanes of at least 4 members (excludes halogenated alkanes) is 5. The van der Waals surface area contributed by atoms with E-state index in [0.29, 0.717) is 13.0 Å². The number of nitrogens with one attached hydrogen (secondary N) is 1. The second kappa shape index (κ2) is 7.81. The maximum Gasteiger partial charge on any atom is 0.328 e. The highest BCUT2D eigenvalue weighted by Crippen LogP contribution is 2.28. The molecule has 3 amide bonds. The lowest BCUT2D eigenvalue weighted by Gasteiger charge is -2.16. The molecule has 4 nitrogen and oxygen atoms in total. The summed E-state index contributed by atoms with van der Waals surface area (Å²) in [5.74, 6) is -0.142. The van der Waals surface area contributed by atoms with Crippen LogP contribution in [0.5, 0.6) is 0 Å². The van der Waals surface area contributed by atoms with Crippen LogP contribution in [0.1, 0.15) is 51.0 Å². The molecule has 4 heteroatoms. The van der Waals surface area contributed by atoms with Crippen LogP contribution >= 0.6 is 0 Å². The third-order valence-electron chi connectivity index (χ3n) is 3.83. The summed E-state index contributed by atoms with van der Waals surface area (Å²) in [6.07, 6.45) is 7.43. The van der Waals surface area contributed by atoms with Crippen molar-refractivity contribution in [2.24, 2.45) is 0 Å². The van der Waals surface area contributed by atoms with E-state index in [1.54, 1.807) is 0 Å². The summed E-state index contributed by atoms with van der Waals surface area (Å²) in [5, 5.41) is 2.85. The molecule has 21 heavy (non-hydrogen) atoms. The molecule has 1 aromatic rings. The topological polar surface area (TPSA) is 49.4 Å². The molecule has 114 valence electrons. The number of urea groups is 1. The highest BCUT2D eigenvalue weighted by molar-refractivity contribution is 6.18. The minimum atomic E-state index is -0.293. The fourth-order valence-electron chi connectivity index (χ4n) is 2.66. The Morgan fingerprint density at radius 2 is 1.86 bits per heavy atom. The molecule has 0 bridgehead atoms. The molecule has 1 aliphatic rings. The minimum Gasteiger partial charge on any atom is -0.337 e. The lowest BCUT2D eigenvalue weighted by atomic mass is 10.1. The third-order valence-corrected chi connectivity index (χ3v) is 3.83. The van der Waals surface area contributed by atoms with Gasteiger partial charge < -0.3 is 5.32 Å². The van der Waals surface area contributed by atoms with E-state index in [-0.39, 0.29) is 11.9 Å². The van der Waals surface area contributed by atoms with Gasteiger partial charge in [0, 0.05) is 6.54 Å². The minimum absolute atomic E-state index is 0.142. The first kappa shape index (κ1) is 15.5. The van der Waals surface area contributed by atoms with Crippen LogP contribution in [0.2, 0.25) is 0 Å². The van der Waals surface area contributed by atoms with Gasteiger partial charge >= 0.3 is 6.03 Å². The predicted molar refractivity (Wildman–Crippen MR) is 84.4 cm³/mol. The Hall–Kier alpha value is -1.84. The molecule has 0 fully saturated rings. The molecule has 0 aromatic heterocycles. The number of carbonyl (C=O) groups is 2. The van der Waals surface area contributed by atoms with Gasteiger partial charge in [-0.05, 0) is 18.1 Å². The lowest BCUT2D eigenvalue weighted by molar-refractivity contribution is -0.116. The number of para-hydroxylation sites is 1. The van der Waals surface area contributed by atoms with Crippen molar-refractivity contribution in [2.45, 2.75) is 51.9 Å². The predicted octanol–water partition coefficient (Wildman–Crippen LogP) is 3.65. The second-order valence-electron chi connectivity index (χ2n) is 5.53. The van der Waals surface area contributed by atoms with Crippen molar-refractivity contribution in [3.05, 3.63) is 29.8 Å². The van der Waals surface area contributed by atoms with E-state index in [1.165, 1.54) is 30.6 Å². The van der Waals surface area contributed by atoms with Crippen LogP contribution < -0.4 is 10.2 Å². The van der Waals surface area contributed by atoms with Gasteiger partial charge in [0.05, 0.1) is 12.1 Å². The molecule has 1 N–H and O–H groups in total. The Labute approximate surface area is 126 Å². The summed E-state index contributed by atoms with van der Waals surface area (Å²) < 4.78 is 0. The van der Waals surface area contributed by atoms with E-state index in [0.717, 1.165) is 24.1 Å². The van der Waals surface area contributed by atoms with Gasteiger partial charge in [0.15, 0.2) is 0 Å². The first-order valence-electron chi connectivity index (χ1n) is 7.92. The van der Waals surface area contributed by atoms with Crippen LogP contribution in [-0.4, -0.2) is 18.5 Å². The van der Waals surface area contributed by atoms with Gasteiger partial charge in [-0.1, -0.05) is 57.2 Å². The van der Waals surface area contributed by atoms with E-state index >= 15 is 0 Å². The summed E-state index contributed by atoms with van der Waals surface area (Å²) in [6, 6.07) is 7.17. The summed E-state index contributed by atoms with van der Waals surface area (Å²) in [7, 11) is 0. The average molecular weight is 288 g/mol. The first-order valence-corrected chi connectivity index (χ1v) is 7.92. The first-order chi connectivity index (χ1) is 10.2. The lowest BCUT2D eigenvalue weighted by Crippen LogP contribution is -2.42. The molecule has 0 unspecified atom stereocenters. The molecular weight excluding hydrogens is 264 g/mol. The largest absolute Gasteiger partial charge is 0.337 e. The fourth-order valence-corrected chi connectivity index (χ4v) is 2.66. The quantitative estimate of drug-likeness (QED) is 0.779. The fraction of sp³-hybridized carbons (Fsp3) is 0.529. The Balaban J connectivity index is 1.75. The molecule has 0 aliphatic carbocycles. The molecule has 1 aliphatic heterocycles. The molecule has 0 atom stereocenters. The monoisotopic (exact) mass is 288 g/mol. The van der Waals surface area contributed by atoms with Gasteiger partial charge in [0.2, 0.25) is 5.91 Å². The Kier molecular flexibility index (Phi) is 5.78. The standard InChI is InChI=1S/C17H24N2O2/c1-2-3-4-5-6-9-12-18-17(21)19-15-11-8-7-10-14(15)13-16(19)20/h7-8,10-11H,2-6,9,12-13H2,1H3,(H,18,21). The average Bonchev–Trinajstić information content (AvgIpc) is 2.82. The zero-order chi connectivity index (χ0) is 15.1. The highest BCUT2D eigenvalue weighted by atomic mass is 16.2. The van der Waals surface area contributed by atoms with E-state index in [2.05, 4.69) is 12.2 Å². The molecule has 1 aromatic carbocycles. The van der Waals surface area contributed by atoms with Gasteiger partial charge in [-0.15, -0.1) is 0 Å². The molecule has 0 saturated carbocycles. The number of imide groups is 1. The summed E-state index contributed by atoms with van der Waals surface area (Å²) in [4.78, 5) is 25.4. The van der Waals surface area contributed by atoms with E-state index in [9.17, 15) is 9.59 Å². The highest BCUT2D eigenvalue weighted by Gasteiger charge is 2.31. The van der Waals surface area contributed by atoms with Gasteiger partial charge in [0.25, 0.3) is 0 Å². The molecule has 0 spiro atoms. The molecule has 2 rings (SSSR count). The molecule has 1 heterocycles. The van der Waals surface area contributed by atoms with Crippen molar-refractivity contribution in [3.63, 3.8) is 0 Å². The third kappa shape index (κ3) is 4.06. The van der Waals surface area contributed by atoms with Crippen molar-refractivity contribution in [1.29, 1.82) is 0 Å². The number of anilines is 1. The number of hydrogen-bond donors (Lipinski definition) is 1. The number of hydrogen-bond acceptors (Lipinski definition) is 2. The van der Waals surface area contributed by atoms with Crippen LogP contribution in [0.25, 0.3) is 0 Å². The zero-order valence-electron chi connectivity index (χ0n) is 12.7. The van der Waals surface area contributed by atoms with Crippen molar-refractivity contribution < 1.29 is 9.59 Å². The van der Waals surface area contributed by atoms with Crippen molar-refractivity contribution in [3.8, 4) is 0 Å². The van der Waals surface area contributed by atoms with Gasteiger partial charge in [-0.25, -0.2) is 9.69 Å². The van der Waals surface area contributed by atoms with Gasteiger partial charge in [-0.3, -0.25) is 4.79 Å². The van der Waals surface area contributed by atoms with Crippen LogP contribution in [0.4, 0.5) is 10.5 Å². The Morgan fingerprint density at radius 1 is 1.14 bits per heavy atom. The second-order valence-corrected chi connectivity index (χ2v) is 5.53. The number of fused-ring (bicyclic) bond motifs is 1. The van der Waals surface area contributed by atoms with Crippen LogP contribution in [0.3, 0.4) is 0 Å². The number of benzene rings is 1. The van der Waals surface area contributed by atoms with Crippen molar-refractivity contribution in [2.75, 3.05) is 11.4 Å². The van der Waals surface area contributed by atoms with E-state index in [4.69, 9.17) is 0 Å². The summed E-state index contributed by atoms with van der Waals surface area (Å²) in [5.41, 5.74) is 1.65. The summed E-state index contributed by atoms with van der Waals surface area (Å²) in [6.45, 7) is 2.84. The van der Waals surface area contributed by atoms with Crippen molar-refractivity contribution >= 4 is 17.6 Å². The maximum atomic E-state index is 12.1. The van der Waals surface area contributed by atoms with E-state index in [1.807, 2.05) is 24.3 Å². The SMILES string of the molecule is CCCCCCCCNC(=O)N1C(=O)Cc2ccccc21. The number of carbonyl (C=O) groups excluding carboxylic acids is 2. The molecule has 0 saturated heterocycles. The number of amides is 3. The normalized spacial score (nSPS) is 13.4. The van der Waals surface area contributed by atoms with Crippen LogP contribution in [0.15, 0.2) is 24.3 Å².